The lowest BCUT2D eigenvalue weighted by Gasteiger charge is -2.10. The van der Waals surface area contributed by atoms with E-state index in [-0.39, 0.29) is 6.67 Å². The van der Waals surface area contributed by atoms with Gasteiger partial charge in [-0.25, -0.2) is 4.39 Å². The van der Waals surface area contributed by atoms with E-state index in [1.807, 2.05) is 25.1 Å². The fourth-order valence-electron chi connectivity index (χ4n) is 1.14. The Morgan fingerprint density at radius 3 is 2.85 bits per heavy atom. The molecule has 13 heavy (non-hydrogen) atoms. The number of hydrogen-bond donors (Lipinski definition) is 1. The van der Waals surface area contributed by atoms with Crippen LogP contribution >= 0.6 is 0 Å². The lowest BCUT2D eigenvalue weighted by atomic mass is 10.2. The molecule has 0 aromatic heterocycles. The summed E-state index contributed by atoms with van der Waals surface area (Å²) in [7, 11) is 1.60. The van der Waals surface area contributed by atoms with Crippen LogP contribution in [0.5, 0.6) is 5.75 Å². The molecule has 2 nitrogen and oxygen atoms in total. The van der Waals surface area contributed by atoms with Crippen LogP contribution in [0.25, 0.3) is 0 Å². The molecule has 0 aliphatic rings. The van der Waals surface area contributed by atoms with Crippen LogP contribution in [-0.2, 0) is 0 Å². The minimum Gasteiger partial charge on any atom is -0.495 e. The molecule has 1 rings (SSSR count). The summed E-state index contributed by atoms with van der Waals surface area (Å²) in [6, 6.07) is 5.77. The van der Waals surface area contributed by atoms with Gasteiger partial charge in [0.1, 0.15) is 12.4 Å². The highest BCUT2D eigenvalue weighted by molar-refractivity contribution is 5.57. The highest BCUT2D eigenvalue weighted by Crippen LogP contribution is 2.24. The molecule has 1 aromatic rings. The van der Waals surface area contributed by atoms with Crippen LogP contribution in [0.4, 0.5) is 10.1 Å². The van der Waals surface area contributed by atoms with Gasteiger partial charge in [-0.05, 0) is 24.6 Å². The summed E-state index contributed by atoms with van der Waals surface area (Å²) in [5, 5.41) is 2.95. The molecule has 72 valence electrons. The first-order valence-corrected chi connectivity index (χ1v) is 4.22. The maximum Gasteiger partial charge on any atom is 0.141 e. The first kappa shape index (κ1) is 9.84. The zero-order valence-corrected chi connectivity index (χ0v) is 7.93. The van der Waals surface area contributed by atoms with Gasteiger partial charge in [-0.1, -0.05) is 6.07 Å². The van der Waals surface area contributed by atoms with Crippen LogP contribution in [0.2, 0.25) is 0 Å². The molecule has 0 heterocycles. The van der Waals surface area contributed by atoms with Crippen molar-refractivity contribution in [3.63, 3.8) is 0 Å². The third kappa shape index (κ3) is 2.61. The number of halogens is 1. The summed E-state index contributed by atoms with van der Waals surface area (Å²) in [6.07, 6.45) is 0. The Morgan fingerprint density at radius 1 is 1.46 bits per heavy atom. The van der Waals surface area contributed by atoms with Crippen LogP contribution in [0.1, 0.15) is 5.56 Å². The Bertz CT molecular complexity index is 276. The second-order valence-electron chi connectivity index (χ2n) is 2.82. The molecule has 0 spiro atoms. The first-order valence-electron chi connectivity index (χ1n) is 4.22. The van der Waals surface area contributed by atoms with E-state index < -0.39 is 0 Å². The second kappa shape index (κ2) is 4.70. The minimum atomic E-state index is -0.378. The van der Waals surface area contributed by atoms with Crippen LogP contribution in [0.15, 0.2) is 18.2 Å². The SMILES string of the molecule is COc1ccc(C)cc1NCCF. The van der Waals surface area contributed by atoms with Crippen molar-refractivity contribution >= 4 is 5.69 Å². The topological polar surface area (TPSA) is 21.3 Å². The summed E-state index contributed by atoms with van der Waals surface area (Å²) in [5.41, 5.74) is 1.97. The predicted octanol–water partition coefficient (Wildman–Crippen LogP) is 2.39. The predicted molar refractivity (Wildman–Crippen MR) is 52.2 cm³/mol. The lowest BCUT2D eigenvalue weighted by Crippen LogP contribution is -2.04. The highest BCUT2D eigenvalue weighted by atomic mass is 19.1. The highest BCUT2D eigenvalue weighted by Gasteiger charge is 2.01. The van der Waals surface area contributed by atoms with E-state index >= 15 is 0 Å². The summed E-state index contributed by atoms with van der Waals surface area (Å²) in [5.74, 6) is 0.749. The number of alkyl halides is 1. The van der Waals surface area contributed by atoms with E-state index in [0.29, 0.717) is 6.54 Å². The van der Waals surface area contributed by atoms with E-state index in [1.165, 1.54) is 0 Å². The third-order valence-electron chi connectivity index (χ3n) is 1.76. The zero-order valence-electron chi connectivity index (χ0n) is 7.93. The molecule has 0 atom stereocenters. The van der Waals surface area contributed by atoms with E-state index in [1.54, 1.807) is 7.11 Å². The fourth-order valence-corrected chi connectivity index (χ4v) is 1.14. The van der Waals surface area contributed by atoms with Crippen molar-refractivity contribution in [1.29, 1.82) is 0 Å². The molecule has 0 fully saturated rings. The van der Waals surface area contributed by atoms with Gasteiger partial charge in [0.2, 0.25) is 0 Å². The summed E-state index contributed by atoms with van der Waals surface area (Å²) in [6.45, 7) is 1.93. The summed E-state index contributed by atoms with van der Waals surface area (Å²) in [4.78, 5) is 0. The molecule has 1 N–H and O–H groups in total. The number of ether oxygens (including phenoxy) is 1. The molecule has 0 aliphatic heterocycles. The van der Waals surface area contributed by atoms with E-state index in [2.05, 4.69) is 5.32 Å². The maximum absolute atomic E-state index is 11.9. The number of benzene rings is 1. The summed E-state index contributed by atoms with van der Waals surface area (Å²) < 4.78 is 17.0. The van der Waals surface area contributed by atoms with Gasteiger partial charge in [0.25, 0.3) is 0 Å². The van der Waals surface area contributed by atoms with Gasteiger partial charge < -0.3 is 10.1 Å². The maximum atomic E-state index is 11.9. The van der Waals surface area contributed by atoms with Crippen molar-refractivity contribution in [2.45, 2.75) is 6.92 Å². The second-order valence-corrected chi connectivity index (χ2v) is 2.82. The molecule has 1 aromatic carbocycles. The van der Waals surface area contributed by atoms with Gasteiger partial charge in [-0.2, -0.15) is 0 Å². The number of aryl methyl sites for hydroxylation is 1. The van der Waals surface area contributed by atoms with Gasteiger partial charge in [0.15, 0.2) is 0 Å². The molecule has 0 saturated carbocycles. The number of nitrogens with one attached hydrogen (secondary N) is 1. The Kier molecular flexibility index (Phi) is 3.55. The average Bonchev–Trinajstić information content (AvgIpc) is 2.15. The first-order chi connectivity index (χ1) is 6.27. The van der Waals surface area contributed by atoms with E-state index in [4.69, 9.17) is 4.74 Å². The molecule has 0 saturated heterocycles. The minimum absolute atomic E-state index is 0.319. The molecule has 3 heteroatoms. The quantitative estimate of drug-likeness (QED) is 0.773. The lowest BCUT2D eigenvalue weighted by molar-refractivity contribution is 0.416. The Morgan fingerprint density at radius 2 is 2.23 bits per heavy atom. The zero-order chi connectivity index (χ0) is 9.68. The Hall–Kier alpha value is -1.25. The normalized spacial score (nSPS) is 9.77. The molecule has 0 aliphatic carbocycles. The largest absolute Gasteiger partial charge is 0.495 e. The van der Waals surface area contributed by atoms with Crippen LogP contribution in [-0.4, -0.2) is 20.3 Å². The Labute approximate surface area is 77.7 Å². The van der Waals surface area contributed by atoms with E-state index in [9.17, 15) is 4.39 Å². The van der Waals surface area contributed by atoms with Gasteiger partial charge in [0.05, 0.1) is 12.8 Å². The number of rotatable bonds is 4. The van der Waals surface area contributed by atoms with Crippen LogP contribution in [0, 0.1) is 6.92 Å². The average molecular weight is 183 g/mol. The van der Waals surface area contributed by atoms with Crippen LogP contribution < -0.4 is 10.1 Å². The molecule has 0 radical (unpaired) electrons. The van der Waals surface area contributed by atoms with E-state index in [0.717, 1.165) is 17.0 Å². The van der Waals surface area contributed by atoms with Crippen molar-refractivity contribution in [3.05, 3.63) is 23.8 Å². The van der Waals surface area contributed by atoms with Gasteiger partial charge in [-0.15, -0.1) is 0 Å². The molecular weight excluding hydrogens is 169 g/mol. The van der Waals surface area contributed by atoms with Crippen molar-refractivity contribution in [1.82, 2.24) is 0 Å². The molecular formula is C10H14FNO. The van der Waals surface area contributed by atoms with Crippen LogP contribution in [0.3, 0.4) is 0 Å². The Balaban J connectivity index is 2.81. The van der Waals surface area contributed by atoms with Crippen molar-refractivity contribution in [3.8, 4) is 5.75 Å². The standard InChI is InChI=1S/C10H14FNO/c1-8-3-4-10(13-2)9(7-8)12-6-5-11/h3-4,7,12H,5-6H2,1-2H3. The summed E-state index contributed by atoms with van der Waals surface area (Å²) >= 11 is 0. The van der Waals surface area contributed by atoms with Gasteiger partial charge in [-0.3, -0.25) is 0 Å². The molecule has 0 unspecified atom stereocenters. The monoisotopic (exact) mass is 183 g/mol. The van der Waals surface area contributed by atoms with Crippen molar-refractivity contribution in [2.75, 3.05) is 25.6 Å². The van der Waals surface area contributed by atoms with Gasteiger partial charge >= 0.3 is 0 Å². The van der Waals surface area contributed by atoms with Crippen molar-refractivity contribution < 1.29 is 9.13 Å². The number of methoxy groups -OCH3 is 1. The fraction of sp³-hybridized carbons (Fsp3) is 0.400. The van der Waals surface area contributed by atoms with Gasteiger partial charge in [0, 0.05) is 6.54 Å². The molecule has 0 amide bonds. The number of anilines is 1. The third-order valence-corrected chi connectivity index (χ3v) is 1.76. The number of hydrogen-bond acceptors (Lipinski definition) is 2. The van der Waals surface area contributed by atoms with Crippen molar-refractivity contribution in [2.24, 2.45) is 0 Å². The molecule has 0 bridgehead atoms. The smallest absolute Gasteiger partial charge is 0.141 e.